The van der Waals surface area contributed by atoms with Gasteiger partial charge < -0.3 is 5.73 Å². The van der Waals surface area contributed by atoms with Gasteiger partial charge in [0.15, 0.2) is 0 Å². The number of nitrogen functional groups attached to an aromatic ring is 1. The predicted molar refractivity (Wildman–Crippen MR) is 72.5 cm³/mol. The van der Waals surface area contributed by atoms with Crippen molar-refractivity contribution in [1.82, 2.24) is 4.72 Å². The van der Waals surface area contributed by atoms with E-state index < -0.39 is 15.8 Å². The highest BCUT2D eigenvalue weighted by Gasteiger charge is 2.66. The van der Waals surface area contributed by atoms with Gasteiger partial charge >= 0.3 is 0 Å². The molecule has 0 amide bonds. The molecule has 0 aliphatic heterocycles. The predicted octanol–water partition coefficient (Wildman–Crippen LogP) is 2.12. The van der Waals surface area contributed by atoms with Crippen molar-refractivity contribution < 1.29 is 12.8 Å². The summed E-state index contributed by atoms with van der Waals surface area (Å²) in [5.41, 5.74) is 5.32. The molecule has 1 aliphatic rings. The van der Waals surface area contributed by atoms with Crippen LogP contribution in [0.4, 0.5) is 10.1 Å². The van der Waals surface area contributed by atoms with Crippen LogP contribution in [0.25, 0.3) is 0 Å². The van der Waals surface area contributed by atoms with Crippen molar-refractivity contribution >= 4 is 15.7 Å². The van der Waals surface area contributed by atoms with E-state index in [1.165, 1.54) is 12.1 Å². The number of hydrogen-bond acceptors (Lipinski definition) is 3. The maximum Gasteiger partial charge on any atom is 0.243 e. The highest BCUT2D eigenvalue weighted by molar-refractivity contribution is 7.89. The van der Waals surface area contributed by atoms with E-state index in [0.717, 1.165) is 6.07 Å². The molecule has 6 heteroatoms. The van der Waals surface area contributed by atoms with E-state index in [2.05, 4.69) is 4.72 Å². The van der Waals surface area contributed by atoms with Crippen molar-refractivity contribution in [2.75, 3.05) is 5.73 Å². The lowest BCUT2D eigenvalue weighted by Gasteiger charge is -2.09. The highest BCUT2D eigenvalue weighted by atomic mass is 32.2. The second-order valence-electron chi connectivity index (χ2n) is 6.19. The summed E-state index contributed by atoms with van der Waals surface area (Å²) in [6, 6.07) is 3.37. The third kappa shape index (κ3) is 2.12. The second kappa shape index (κ2) is 3.93. The molecule has 1 saturated carbocycles. The third-order valence-corrected chi connectivity index (χ3v) is 6.00. The van der Waals surface area contributed by atoms with Crippen LogP contribution in [0.15, 0.2) is 23.1 Å². The van der Waals surface area contributed by atoms with E-state index in [0.29, 0.717) is 0 Å². The van der Waals surface area contributed by atoms with Gasteiger partial charge in [-0.05, 0) is 29.0 Å². The first-order valence-electron chi connectivity index (χ1n) is 6.07. The topological polar surface area (TPSA) is 72.2 Å². The Morgan fingerprint density at radius 2 is 1.74 bits per heavy atom. The number of sulfonamides is 1. The van der Waals surface area contributed by atoms with Crippen LogP contribution in [0.5, 0.6) is 0 Å². The van der Waals surface area contributed by atoms with Crippen LogP contribution in [-0.2, 0) is 10.0 Å². The molecule has 0 bridgehead atoms. The zero-order valence-corrected chi connectivity index (χ0v) is 12.3. The minimum Gasteiger partial charge on any atom is -0.399 e. The first kappa shape index (κ1) is 14.3. The lowest BCUT2D eigenvalue weighted by molar-refractivity contribution is 0.457. The van der Waals surface area contributed by atoms with Gasteiger partial charge in [-0.3, -0.25) is 0 Å². The number of rotatable bonds is 3. The van der Waals surface area contributed by atoms with E-state index in [4.69, 9.17) is 5.73 Å². The Morgan fingerprint density at radius 3 is 2.16 bits per heavy atom. The third-order valence-electron chi connectivity index (χ3n) is 4.54. The Balaban J connectivity index is 2.30. The van der Waals surface area contributed by atoms with Crippen molar-refractivity contribution in [1.29, 1.82) is 0 Å². The van der Waals surface area contributed by atoms with E-state index in [9.17, 15) is 12.8 Å². The van der Waals surface area contributed by atoms with Crippen LogP contribution in [0.3, 0.4) is 0 Å². The molecular formula is C13H19FN2O2S. The standard InChI is InChI=1S/C13H19FN2O2S/c1-12(2)11(13(12,3)4)16-19(17,18)10-6-5-8(15)7-9(10)14/h5-7,11,16H,15H2,1-4H3. The molecule has 0 saturated heterocycles. The molecule has 1 fully saturated rings. The van der Waals surface area contributed by atoms with Crippen LogP contribution < -0.4 is 10.5 Å². The molecule has 1 aliphatic carbocycles. The zero-order chi connectivity index (χ0) is 14.6. The van der Waals surface area contributed by atoms with Crippen molar-refractivity contribution in [3.8, 4) is 0 Å². The van der Waals surface area contributed by atoms with Crippen molar-refractivity contribution in [3.63, 3.8) is 0 Å². The molecule has 0 atom stereocenters. The van der Waals surface area contributed by atoms with Crippen molar-refractivity contribution in [3.05, 3.63) is 24.0 Å². The van der Waals surface area contributed by atoms with Gasteiger partial charge in [-0.25, -0.2) is 17.5 Å². The Morgan fingerprint density at radius 1 is 1.21 bits per heavy atom. The van der Waals surface area contributed by atoms with E-state index >= 15 is 0 Å². The Kier molecular flexibility index (Phi) is 2.95. The fraction of sp³-hybridized carbons (Fsp3) is 0.538. The first-order chi connectivity index (χ1) is 8.50. The minimum absolute atomic E-state index is 0.148. The summed E-state index contributed by atoms with van der Waals surface area (Å²) in [5, 5.41) is 0. The van der Waals surface area contributed by atoms with Crippen LogP contribution >= 0.6 is 0 Å². The summed E-state index contributed by atoms with van der Waals surface area (Å²) in [4.78, 5) is -0.361. The molecule has 106 valence electrons. The van der Waals surface area contributed by atoms with Crippen LogP contribution in [-0.4, -0.2) is 14.5 Å². The SMILES string of the molecule is CC1(C)C(NS(=O)(=O)c2ccc(N)cc2F)C1(C)C. The molecule has 0 unspecified atom stereocenters. The normalized spacial score (nSPS) is 21.3. The molecule has 1 aromatic carbocycles. The first-order valence-corrected chi connectivity index (χ1v) is 7.56. The van der Waals surface area contributed by atoms with Gasteiger partial charge in [0.1, 0.15) is 10.7 Å². The second-order valence-corrected chi connectivity index (χ2v) is 7.87. The summed E-state index contributed by atoms with van der Waals surface area (Å²) >= 11 is 0. The minimum atomic E-state index is -3.87. The van der Waals surface area contributed by atoms with Gasteiger partial charge in [0.2, 0.25) is 10.0 Å². The Labute approximate surface area is 113 Å². The number of hydrogen-bond donors (Lipinski definition) is 2. The highest BCUT2D eigenvalue weighted by Crippen LogP contribution is 2.62. The number of benzene rings is 1. The van der Waals surface area contributed by atoms with E-state index in [-0.39, 0.29) is 27.5 Å². The number of nitrogens with one attached hydrogen (secondary N) is 1. The van der Waals surface area contributed by atoms with Gasteiger partial charge in [0.25, 0.3) is 0 Å². The lowest BCUT2D eigenvalue weighted by Crippen LogP contribution is -2.30. The average molecular weight is 286 g/mol. The molecule has 1 aromatic rings. The summed E-state index contributed by atoms with van der Waals surface area (Å²) in [5.74, 6) is -0.830. The van der Waals surface area contributed by atoms with Crippen molar-refractivity contribution in [2.45, 2.75) is 38.6 Å². The summed E-state index contributed by atoms with van der Waals surface area (Å²) in [6.45, 7) is 7.94. The van der Waals surface area contributed by atoms with Crippen molar-refractivity contribution in [2.24, 2.45) is 10.8 Å². The molecule has 0 radical (unpaired) electrons. The maximum atomic E-state index is 13.7. The van der Waals surface area contributed by atoms with Crippen LogP contribution in [0, 0.1) is 16.6 Å². The average Bonchev–Trinajstić information content (AvgIpc) is 2.59. The summed E-state index contributed by atoms with van der Waals surface area (Å²) in [6.07, 6.45) is 0. The quantitative estimate of drug-likeness (QED) is 0.836. The molecule has 3 N–H and O–H groups in total. The Hall–Kier alpha value is -1.14. The van der Waals surface area contributed by atoms with Crippen LogP contribution in [0.2, 0.25) is 0 Å². The number of nitrogens with two attached hydrogens (primary N) is 1. The molecule has 0 spiro atoms. The molecular weight excluding hydrogens is 267 g/mol. The zero-order valence-electron chi connectivity index (χ0n) is 11.5. The van der Waals surface area contributed by atoms with E-state index in [1.54, 1.807) is 0 Å². The number of halogens is 1. The summed E-state index contributed by atoms with van der Waals surface area (Å²) in [7, 11) is -3.87. The molecule has 4 nitrogen and oxygen atoms in total. The molecule has 0 aromatic heterocycles. The van der Waals surface area contributed by atoms with Gasteiger partial charge in [-0.1, -0.05) is 27.7 Å². The van der Waals surface area contributed by atoms with E-state index in [1.807, 2.05) is 27.7 Å². The monoisotopic (exact) mass is 286 g/mol. The molecule has 0 heterocycles. The summed E-state index contributed by atoms with van der Waals surface area (Å²) < 4.78 is 40.7. The van der Waals surface area contributed by atoms with Crippen LogP contribution in [0.1, 0.15) is 27.7 Å². The largest absolute Gasteiger partial charge is 0.399 e. The smallest absolute Gasteiger partial charge is 0.243 e. The van der Waals surface area contributed by atoms with Gasteiger partial charge in [-0.2, -0.15) is 0 Å². The molecule has 2 rings (SSSR count). The lowest BCUT2D eigenvalue weighted by atomic mass is 10.0. The van der Waals surface area contributed by atoms with Gasteiger partial charge in [0.05, 0.1) is 0 Å². The maximum absolute atomic E-state index is 13.7. The fourth-order valence-corrected chi connectivity index (χ4v) is 4.03. The molecule has 19 heavy (non-hydrogen) atoms. The number of anilines is 1. The van der Waals surface area contributed by atoms with Gasteiger partial charge in [0, 0.05) is 11.7 Å². The Bertz CT molecular complexity index is 610. The van der Waals surface area contributed by atoms with Gasteiger partial charge in [-0.15, -0.1) is 0 Å². The fourth-order valence-electron chi connectivity index (χ4n) is 2.44.